The Morgan fingerprint density at radius 1 is 1.05 bits per heavy atom. The van der Waals surface area contributed by atoms with E-state index in [0.717, 1.165) is 19.4 Å². The first-order valence-corrected chi connectivity index (χ1v) is 9.00. The lowest BCUT2D eigenvalue weighted by Crippen LogP contribution is -2.42. The SMILES string of the molecule is CC(C)(C)c1ccc([C@H]2CCCN2[S@@+]([O-])C(C)(C)C)cc1. The van der Waals surface area contributed by atoms with Crippen molar-refractivity contribution in [3.05, 3.63) is 35.4 Å². The molecule has 1 fully saturated rings. The molecule has 0 amide bonds. The van der Waals surface area contributed by atoms with Crippen LogP contribution in [0.2, 0.25) is 0 Å². The molecule has 21 heavy (non-hydrogen) atoms. The van der Waals surface area contributed by atoms with Crippen LogP contribution in [-0.2, 0) is 16.8 Å². The van der Waals surface area contributed by atoms with E-state index >= 15 is 0 Å². The molecule has 2 atom stereocenters. The molecule has 0 unspecified atom stereocenters. The van der Waals surface area contributed by atoms with Crippen LogP contribution >= 0.6 is 0 Å². The third-order valence-corrected chi connectivity index (χ3v) is 6.01. The van der Waals surface area contributed by atoms with E-state index in [2.05, 4.69) is 70.1 Å². The third kappa shape index (κ3) is 3.82. The second-order valence-corrected chi connectivity index (χ2v) is 10.2. The van der Waals surface area contributed by atoms with Gasteiger partial charge in [-0.1, -0.05) is 45.0 Å². The maximum absolute atomic E-state index is 12.7. The molecule has 1 saturated heterocycles. The Morgan fingerprint density at radius 2 is 1.62 bits per heavy atom. The smallest absolute Gasteiger partial charge is 0.137 e. The standard InChI is InChI=1S/C18H29NOS/c1-17(2,3)15-11-9-14(10-12-15)16-8-7-13-19(16)21(20)18(4,5)6/h9-12,16H,7-8,13H2,1-6H3/t16-,21+/m1/s1. The van der Waals surface area contributed by atoms with Crippen LogP contribution < -0.4 is 0 Å². The van der Waals surface area contributed by atoms with E-state index in [0.29, 0.717) is 6.04 Å². The first kappa shape index (κ1) is 16.9. The average molecular weight is 308 g/mol. The molecule has 2 rings (SSSR count). The van der Waals surface area contributed by atoms with Gasteiger partial charge in [-0.25, -0.2) is 0 Å². The number of benzene rings is 1. The van der Waals surface area contributed by atoms with Crippen molar-refractivity contribution < 1.29 is 4.55 Å². The van der Waals surface area contributed by atoms with E-state index in [4.69, 9.17) is 0 Å². The second-order valence-electron chi connectivity index (χ2n) is 8.03. The maximum atomic E-state index is 12.7. The summed E-state index contributed by atoms with van der Waals surface area (Å²) in [4.78, 5) is 0. The van der Waals surface area contributed by atoms with Gasteiger partial charge in [0.05, 0.1) is 6.04 Å². The quantitative estimate of drug-likeness (QED) is 0.747. The van der Waals surface area contributed by atoms with Crippen LogP contribution in [0.1, 0.15) is 71.6 Å². The zero-order valence-corrected chi connectivity index (χ0v) is 15.1. The summed E-state index contributed by atoms with van der Waals surface area (Å²) in [5, 5.41) is 0. The van der Waals surface area contributed by atoms with E-state index < -0.39 is 11.4 Å². The van der Waals surface area contributed by atoms with E-state index in [1.807, 2.05) is 0 Å². The van der Waals surface area contributed by atoms with Crippen LogP contribution in [0, 0.1) is 0 Å². The summed E-state index contributed by atoms with van der Waals surface area (Å²) >= 11 is -0.932. The van der Waals surface area contributed by atoms with E-state index in [-0.39, 0.29) is 10.2 Å². The fraction of sp³-hybridized carbons (Fsp3) is 0.667. The molecule has 0 N–H and O–H groups in total. The van der Waals surface area contributed by atoms with Crippen molar-refractivity contribution in [1.29, 1.82) is 0 Å². The first-order valence-electron chi connectivity index (χ1n) is 7.90. The predicted molar refractivity (Wildman–Crippen MR) is 91.7 cm³/mol. The van der Waals surface area contributed by atoms with Gasteiger partial charge in [0.2, 0.25) is 0 Å². The van der Waals surface area contributed by atoms with Crippen molar-refractivity contribution in [2.75, 3.05) is 6.54 Å². The highest BCUT2D eigenvalue weighted by molar-refractivity contribution is 7.90. The third-order valence-electron chi connectivity index (χ3n) is 4.10. The molecule has 0 bridgehead atoms. The number of nitrogens with zero attached hydrogens (tertiary/aromatic N) is 1. The monoisotopic (exact) mass is 307 g/mol. The van der Waals surface area contributed by atoms with E-state index in [1.165, 1.54) is 11.1 Å². The lowest BCUT2D eigenvalue weighted by molar-refractivity contribution is 0.380. The Bertz CT molecular complexity index is 469. The molecule has 0 spiro atoms. The summed E-state index contributed by atoms with van der Waals surface area (Å²) in [7, 11) is 0. The maximum Gasteiger partial charge on any atom is 0.137 e. The molecule has 0 saturated carbocycles. The molecule has 1 heterocycles. The van der Waals surface area contributed by atoms with Crippen molar-refractivity contribution in [1.82, 2.24) is 4.31 Å². The van der Waals surface area contributed by atoms with Crippen molar-refractivity contribution in [3.63, 3.8) is 0 Å². The van der Waals surface area contributed by atoms with Gasteiger partial charge in [-0.3, -0.25) is 0 Å². The topological polar surface area (TPSA) is 26.3 Å². The zero-order valence-electron chi connectivity index (χ0n) is 14.3. The van der Waals surface area contributed by atoms with Gasteiger partial charge in [0, 0.05) is 17.9 Å². The lowest BCUT2D eigenvalue weighted by atomic mass is 9.86. The first-order chi connectivity index (χ1) is 9.60. The van der Waals surface area contributed by atoms with Gasteiger partial charge in [-0.05, 0) is 50.2 Å². The van der Waals surface area contributed by atoms with Crippen LogP contribution in [-0.4, -0.2) is 20.1 Å². The van der Waals surface area contributed by atoms with Crippen molar-refractivity contribution in [2.24, 2.45) is 0 Å². The van der Waals surface area contributed by atoms with Crippen molar-refractivity contribution >= 4 is 11.4 Å². The summed E-state index contributed by atoms with van der Waals surface area (Å²) in [6.07, 6.45) is 2.24. The average Bonchev–Trinajstić information content (AvgIpc) is 2.84. The molecular formula is C18H29NOS. The van der Waals surface area contributed by atoms with Crippen LogP contribution in [0.25, 0.3) is 0 Å². The summed E-state index contributed by atoms with van der Waals surface area (Å²) in [5.74, 6) is 0. The lowest BCUT2D eigenvalue weighted by Gasteiger charge is -2.33. The predicted octanol–water partition coefficient (Wildman–Crippen LogP) is 4.58. The fourth-order valence-electron chi connectivity index (χ4n) is 2.83. The Hall–Kier alpha value is -0.510. The molecule has 118 valence electrons. The molecule has 1 aliphatic heterocycles. The Labute approximate surface area is 133 Å². The molecule has 1 aromatic rings. The Kier molecular flexibility index (Phi) is 4.77. The molecule has 1 aliphatic rings. The van der Waals surface area contributed by atoms with Gasteiger partial charge < -0.3 is 4.55 Å². The number of hydrogen-bond donors (Lipinski definition) is 0. The normalized spacial score (nSPS) is 22.5. The summed E-state index contributed by atoms with van der Waals surface area (Å²) < 4.78 is 14.7. The number of rotatable bonds is 2. The molecule has 0 aromatic heterocycles. The van der Waals surface area contributed by atoms with Crippen molar-refractivity contribution in [2.45, 2.75) is 70.6 Å². The molecule has 3 heteroatoms. The summed E-state index contributed by atoms with van der Waals surface area (Å²) in [5.41, 5.74) is 2.84. The minimum absolute atomic E-state index is 0.183. The van der Waals surface area contributed by atoms with Crippen LogP contribution in [0.3, 0.4) is 0 Å². The molecular weight excluding hydrogens is 278 g/mol. The Morgan fingerprint density at radius 3 is 2.10 bits per heavy atom. The van der Waals surface area contributed by atoms with Crippen molar-refractivity contribution in [3.8, 4) is 0 Å². The van der Waals surface area contributed by atoms with Crippen LogP contribution in [0.4, 0.5) is 0 Å². The summed E-state index contributed by atoms with van der Waals surface area (Å²) in [6, 6.07) is 9.21. The van der Waals surface area contributed by atoms with E-state index in [1.54, 1.807) is 0 Å². The van der Waals surface area contributed by atoms with Gasteiger partial charge >= 0.3 is 0 Å². The van der Waals surface area contributed by atoms with Gasteiger partial charge in [0.25, 0.3) is 0 Å². The summed E-state index contributed by atoms with van der Waals surface area (Å²) in [6.45, 7) is 13.8. The van der Waals surface area contributed by atoms with Gasteiger partial charge in [0.1, 0.15) is 4.75 Å². The zero-order chi connectivity index (χ0) is 15.8. The minimum atomic E-state index is -0.932. The molecule has 0 radical (unpaired) electrons. The highest BCUT2D eigenvalue weighted by atomic mass is 32.2. The molecule has 0 aliphatic carbocycles. The number of hydrogen-bond acceptors (Lipinski definition) is 2. The highest BCUT2D eigenvalue weighted by Gasteiger charge is 2.41. The van der Waals surface area contributed by atoms with Crippen LogP contribution in [0.5, 0.6) is 0 Å². The van der Waals surface area contributed by atoms with Gasteiger partial charge in [-0.15, -0.1) is 4.31 Å². The highest BCUT2D eigenvalue weighted by Crippen LogP contribution is 2.38. The fourth-order valence-corrected chi connectivity index (χ4v) is 4.29. The molecule has 1 aromatic carbocycles. The largest absolute Gasteiger partial charge is 0.597 e. The van der Waals surface area contributed by atoms with E-state index in [9.17, 15) is 4.55 Å². The second kappa shape index (κ2) is 5.94. The minimum Gasteiger partial charge on any atom is -0.597 e. The molecule has 2 nitrogen and oxygen atoms in total. The van der Waals surface area contributed by atoms with Gasteiger partial charge in [0.15, 0.2) is 0 Å². The Balaban J connectivity index is 2.21. The van der Waals surface area contributed by atoms with Gasteiger partial charge in [-0.2, -0.15) is 0 Å². The van der Waals surface area contributed by atoms with Crippen LogP contribution in [0.15, 0.2) is 24.3 Å².